The number of hydrogen-bond acceptors (Lipinski definition) is 3. The number of rotatable bonds is 6. The minimum atomic E-state index is 0.317. The van der Waals surface area contributed by atoms with Crippen LogP contribution in [0.25, 0.3) is 0 Å². The first-order chi connectivity index (χ1) is 10.2. The van der Waals surface area contributed by atoms with Crippen LogP contribution in [0.1, 0.15) is 49.8 Å². The Morgan fingerprint density at radius 1 is 1.29 bits per heavy atom. The molecule has 3 unspecified atom stereocenters. The normalized spacial score (nSPS) is 24.2. The Balaban J connectivity index is 2.06. The maximum atomic E-state index is 6.08. The Hall–Kier alpha value is -0.900. The zero-order valence-corrected chi connectivity index (χ0v) is 13.7. The molecular formula is C18H30N2O. The molecule has 0 saturated heterocycles. The molecule has 2 N–H and O–H groups in total. The number of methoxy groups -OCH3 is 1. The number of hydrogen-bond donors (Lipinski definition) is 1. The van der Waals surface area contributed by atoms with E-state index in [0.29, 0.717) is 25.2 Å². The summed E-state index contributed by atoms with van der Waals surface area (Å²) >= 11 is 0. The zero-order valence-electron chi connectivity index (χ0n) is 13.7. The maximum Gasteiger partial charge on any atom is 0.0713 e. The van der Waals surface area contributed by atoms with E-state index in [9.17, 15) is 0 Å². The summed E-state index contributed by atoms with van der Waals surface area (Å²) in [6.45, 7) is 3.71. The third kappa shape index (κ3) is 4.29. The van der Waals surface area contributed by atoms with E-state index < -0.39 is 0 Å². The Bertz CT molecular complexity index is 418. The topological polar surface area (TPSA) is 38.5 Å². The summed E-state index contributed by atoms with van der Waals surface area (Å²) in [5.74, 6) is 0.841. The Morgan fingerprint density at radius 3 is 2.57 bits per heavy atom. The standard InChI is InChI=1S/C18H30N2O/c1-14-5-4-6-17(11-14)20(2)18(12-19)16-9-7-15(8-10-16)13-21-3/h7-10,14,17-18H,4-6,11-13,19H2,1-3H3. The van der Waals surface area contributed by atoms with Gasteiger partial charge in [-0.3, -0.25) is 4.90 Å². The summed E-state index contributed by atoms with van der Waals surface area (Å²) in [5.41, 5.74) is 8.61. The summed E-state index contributed by atoms with van der Waals surface area (Å²) < 4.78 is 5.17. The summed E-state index contributed by atoms with van der Waals surface area (Å²) in [6, 6.07) is 9.69. The van der Waals surface area contributed by atoms with E-state index in [2.05, 4.69) is 43.1 Å². The van der Waals surface area contributed by atoms with Crippen molar-refractivity contribution in [2.75, 3.05) is 20.7 Å². The second-order valence-corrected chi connectivity index (χ2v) is 6.52. The molecule has 1 aromatic rings. The molecule has 21 heavy (non-hydrogen) atoms. The lowest BCUT2D eigenvalue weighted by atomic mass is 9.85. The second kappa shape index (κ2) is 7.92. The van der Waals surface area contributed by atoms with E-state index in [0.717, 1.165) is 5.92 Å². The maximum absolute atomic E-state index is 6.08. The van der Waals surface area contributed by atoms with Gasteiger partial charge in [-0.25, -0.2) is 0 Å². The van der Waals surface area contributed by atoms with Gasteiger partial charge < -0.3 is 10.5 Å². The molecule has 1 saturated carbocycles. The lowest BCUT2D eigenvalue weighted by Gasteiger charge is -2.39. The smallest absolute Gasteiger partial charge is 0.0713 e. The SMILES string of the molecule is COCc1ccc(C(CN)N(C)C2CCCC(C)C2)cc1. The van der Waals surface area contributed by atoms with Crippen molar-refractivity contribution in [2.24, 2.45) is 11.7 Å². The van der Waals surface area contributed by atoms with Gasteiger partial charge in [0.1, 0.15) is 0 Å². The number of nitrogens with zero attached hydrogens (tertiary/aromatic N) is 1. The molecule has 1 fully saturated rings. The van der Waals surface area contributed by atoms with Gasteiger partial charge in [0, 0.05) is 25.7 Å². The highest BCUT2D eigenvalue weighted by Crippen LogP contribution is 2.31. The van der Waals surface area contributed by atoms with E-state index in [1.807, 2.05) is 0 Å². The van der Waals surface area contributed by atoms with Crippen molar-refractivity contribution < 1.29 is 4.74 Å². The van der Waals surface area contributed by atoms with Crippen molar-refractivity contribution in [1.82, 2.24) is 4.90 Å². The predicted octanol–water partition coefficient (Wildman–Crippen LogP) is 3.34. The second-order valence-electron chi connectivity index (χ2n) is 6.52. The van der Waals surface area contributed by atoms with Crippen LogP contribution in [0.4, 0.5) is 0 Å². The molecule has 0 heterocycles. The van der Waals surface area contributed by atoms with Crippen LogP contribution in [0.2, 0.25) is 0 Å². The Kier molecular flexibility index (Phi) is 6.22. The van der Waals surface area contributed by atoms with Crippen molar-refractivity contribution in [3.63, 3.8) is 0 Å². The van der Waals surface area contributed by atoms with Crippen molar-refractivity contribution in [2.45, 2.75) is 51.3 Å². The number of likely N-dealkylation sites (N-methyl/N-ethyl adjacent to an activating group) is 1. The molecule has 3 nitrogen and oxygen atoms in total. The molecule has 0 aromatic heterocycles. The van der Waals surface area contributed by atoms with E-state index >= 15 is 0 Å². The quantitative estimate of drug-likeness (QED) is 0.873. The molecule has 3 heteroatoms. The minimum absolute atomic E-state index is 0.317. The van der Waals surface area contributed by atoms with Crippen LogP contribution in [0, 0.1) is 5.92 Å². The average molecular weight is 290 g/mol. The summed E-state index contributed by atoms with van der Waals surface area (Å²) in [4.78, 5) is 2.50. The molecule has 1 aliphatic carbocycles. The first kappa shape index (κ1) is 16.5. The molecule has 0 aliphatic heterocycles. The van der Waals surface area contributed by atoms with E-state index in [1.54, 1.807) is 7.11 Å². The first-order valence-corrected chi connectivity index (χ1v) is 8.15. The van der Waals surface area contributed by atoms with Gasteiger partial charge in [0.05, 0.1) is 6.61 Å². The molecular weight excluding hydrogens is 260 g/mol. The van der Waals surface area contributed by atoms with E-state index in [1.165, 1.54) is 36.8 Å². The molecule has 0 bridgehead atoms. The van der Waals surface area contributed by atoms with Gasteiger partial charge in [0.2, 0.25) is 0 Å². The van der Waals surface area contributed by atoms with Crippen LogP contribution in [-0.2, 0) is 11.3 Å². The molecule has 3 atom stereocenters. The molecule has 0 amide bonds. The van der Waals surface area contributed by atoms with Gasteiger partial charge in [0.25, 0.3) is 0 Å². The molecule has 2 rings (SSSR count). The van der Waals surface area contributed by atoms with Gasteiger partial charge in [0.15, 0.2) is 0 Å². The van der Waals surface area contributed by atoms with Crippen LogP contribution < -0.4 is 5.73 Å². The molecule has 118 valence electrons. The van der Waals surface area contributed by atoms with Crippen LogP contribution in [0.5, 0.6) is 0 Å². The van der Waals surface area contributed by atoms with E-state index in [4.69, 9.17) is 10.5 Å². The lowest BCUT2D eigenvalue weighted by molar-refractivity contribution is 0.121. The average Bonchev–Trinajstić information content (AvgIpc) is 2.50. The third-order valence-corrected chi connectivity index (χ3v) is 4.88. The third-order valence-electron chi connectivity index (χ3n) is 4.88. The largest absolute Gasteiger partial charge is 0.380 e. The van der Waals surface area contributed by atoms with Crippen LogP contribution in [-0.4, -0.2) is 31.6 Å². The summed E-state index contributed by atoms with van der Waals surface area (Å²) in [5, 5.41) is 0. The highest BCUT2D eigenvalue weighted by molar-refractivity contribution is 5.25. The minimum Gasteiger partial charge on any atom is -0.380 e. The van der Waals surface area contributed by atoms with Crippen molar-refractivity contribution in [3.05, 3.63) is 35.4 Å². The number of benzene rings is 1. The van der Waals surface area contributed by atoms with Gasteiger partial charge in [-0.15, -0.1) is 0 Å². The lowest BCUT2D eigenvalue weighted by Crippen LogP contribution is -2.41. The van der Waals surface area contributed by atoms with Gasteiger partial charge >= 0.3 is 0 Å². The molecule has 1 aromatic carbocycles. The summed E-state index contributed by atoms with van der Waals surface area (Å²) in [6.07, 6.45) is 5.33. The fourth-order valence-corrected chi connectivity index (χ4v) is 3.57. The van der Waals surface area contributed by atoms with E-state index in [-0.39, 0.29) is 0 Å². The fourth-order valence-electron chi connectivity index (χ4n) is 3.57. The molecule has 1 aliphatic rings. The predicted molar refractivity (Wildman–Crippen MR) is 88.1 cm³/mol. The molecule has 0 spiro atoms. The Labute approximate surface area is 129 Å². The number of nitrogens with two attached hydrogens (primary N) is 1. The van der Waals surface area contributed by atoms with Crippen molar-refractivity contribution in [1.29, 1.82) is 0 Å². The zero-order chi connectivity index (χ0) is 15.2. The number of ether oxygens (including phenoxy) is 1. The van der Waals surface area contributed by atoms with Gasteiger partial charge in [-0.1, -0.05) is 44.0 Å². The molecule has 0 radical (unpaired) electrons. The monoisotopic (exact) mass is 290 g/mol. The highest BCUT2D eigenvalue weighted by atomic mass is 16.5. The van der Waals surface area contributed by atoms with Crippen LogP contribution in [0.15, 0.2) is 24.3 Å². The van der Waals surface area contributed by atoms with Crippen LogP contribution >= 0.6 is 0 Å². The highest BCUT2D eigenvalue weighted by Gasteiger charge is 2.27. The van der Waals surface area contributed by atoms with Gasteiger partial charge in [-0.05, 0) is 36.9 Å². The van der Waals surface area contributed by atoms with Crippen LogP contribution in [0.3, 0.4) is 0 Å². The fraction of sp³-hybridized carbons (Fsp3) is 0.667. The van der Waals surface area contributed by atoms with Gasteiger partial charge in [-0.2, -0.15) is 0 Å². The Morgan fingerprint density at radius 2 is 2.00 bits per heavy atom. The first-order valence-electron chi connectivity index (χ1n) is 8.15. The van der Waals surface area contributed by atoms with Crippen molar-refractivity contribution in [3.8, 4) is 0 Å². The van der Waals surface area contributed by atoms with Crippen molar-refractivity contribution >= 4 is 0 Å². The summed E-state index contributed by atoms with van der Waals surface area (Å²) in [7, 11) is 3.97.